The summed E-state index contributed by atoms with van der Waals surface area (Å²) in [5, 5.41) is 0.917. The molecule has 7 nitrogen and oxygen atoms in total. The predicted molar refractivity (Wildman–Crippen MR) is 110 cm³/mol. The number of rotatable bonds is 4. The summed E-state index contributed by atoms with van der Waals surface area (Å²) in [6, 6.07) is 7.36. The number of ether oxygens (including phenoxy) is 2. The number of carbonyl (C=O) groups is 2. The van der Waals surface area contributed by atoms with Crippen molar-refractivity contribution in [3.63, 3.8) is 0 Å². The first-order valence-corrected chi connectivity index (χ1v) is 10.8. The van der Waals surface area contributed by atoms with Gasteiger partial charge in [0, 0.05) is 26.2 Å². The van der Waals surface area contributed by atoms with Crippen molar-refractivity contribution in [1.29, 1.82) is 0 Å². The second-order valence-electron chi connectivity index (χ2n) is 7.24. The van der Waals surface area contributed by atoms with E-state index < -0.39 is 6.10 Å². The molecule has 2 aliphatic rings. The van der Waals surface area contributed by atoms with E-state index in [1.54, 1.807) is 11.0 Å². The molecule has 0 radical (unpaired) electrons. The Balaban J connectivity index is 1.36. The molecule has 0 N–H and O–H groups in total. The molecule has 0 spiro atoms. The highest BCUT2D eigenvalue weighted by molar-refractivity contribution is 7.13. The van der Waals surface area contributed by atoms with Gasteiger partial charge in [0.2, 0.25) is 6.10 Å². The molecule has 154 valence electrons. The average Bonchev–Trinajstić information content (AvgIpc) is 3.13. The first-order chi connectivity index (χ1) is 14.1. The molecule has 0 aliphatic carbocycles. The molecule has 0 saturated carbocycles. The maximum atomic E-state index is 13.0. The van der Waals surface area contributed by atoms with Crippen LogP contribution in [0.3, 0.4) is 0 Å². The van der Waals surface area contributed by atoms with Crippen molar-refractivity contribution in [1.82, 2.24) is 14.8 Å². The number of thiazole rings is 1. The Morgan fingerprint density at radius 3 is 2.55 bits per heavy atom. The minimum atomic E-state index is -0.646. The van der Waals surface area contributed by atoms with Crippen molar-refractivity contribution in [2.24, 2.45) is 0 Å². The van der Waals surface area contributed by atoms with Crippen molar-refractivity contribution in [2.75, 3.05) is 32.8 Å². The second-order valence-corrected chi connectivity index (χ2v) is 8.44. The lowest BCUT2D eigenvalue weighted by atomic mass is 10.2. The van der Waals surface area contributed by atoms with E-state index >= 15 is 0 Å². The first-order valence-electron chi connectivity index (χ1n) is 9.99. The van der Waals surface area contributed by atoms with E-state index in [2.05, 4.69) is 11.9 Å². The molecular weight excluding hydrogens is 390 g/mol. The van der Waals surface area contributed by atoms with Crippen LogP contribution < -0.4 is 9.47 Å². The van der Waals surface area contributed by atoms with Crippen LogP contribution in [0.2, 0.25) is 0 Å². The van der Waals surface area contributed by atoms with Gasteiger partial charge in [-0.2, -0.15) is 0 Å². The summed E-state index contributed by atoms with van der Waals surface area (Å²) in [5.41, 5.74) is 0.893. The zero-order valence-corrected chi connectivity index (χ0v) is 17.5. The number of fused-ring (bicyclic) bond motifs is 1. The summed E-state index contributed by atoms with van der Waals surface area (Å²) in [5.74, 6) is 1.19. The van der Waals surface area contributed by atoms with E-state index in [1.807, 2.05) is 30.0 Å². The van der Waals surface area contributed by atoms with Crippen molar-refractivity contribution >= 4 is 23.2 Å². The maximum Gasteiger partial charge on any atom is 0.267 e. The summed E-state index contributed by atoms with van der Waals surface area (Å²) in [6.45, 7) is 6.23. The van der Waals surface area contributed by atoms with E-state index in [1.165, 1.54) is 11.3 Å². The lowest BCUT2D eigenvalue weighted by Crippen LogP contribution is -2.55. The molecule has 1 saturated heterocycles. The third kappa shape index (κ3) is 4.07. The highest BCUT2D eigenvalue weighted by atomic mass is 32.1. The van der Waals surface area contributed by atoms with Crippen LogP contribution in [0.15, 0.2) is 24.3 Å². The van der Waals surface area contributed by atoms with Gasteiger partial charge in [0.25, 0.3) is 11.8 Å². The third-order valence-corrected chi connectivity index (χ3v) is 6.15. The minimum Gasteiger partial charge on any atom is -0.485 e. The third-order valence-electron chi connectivity index (χ3n) is 5.15. The van der Waals surface area contributed by atoms with Crippen molar-refractivity contribution < 1.29 is 19.1 Å². The summed E-state index contributed by atoms with van der Waals surface area (Å²) < 4.78 is 11.5. The average molecular weight is 416 g/mol. The van der Waals surface area contributed by atoms with Gasteiger partial charge in [-0.15, -0.1) is 11.3 Å². The number of hydrogen-bond donors (Lipinski definition) is 0. The van der Waals surface area contributed by atoms with Gasteiger partial charge in [-0.05, 0) is 25.5 Å². The summed E-state index contributed by atoms with van der Waals surface area (Å²) >= 11 is 1.46. The van der Waals surface area contributed by atoms with Crippen LogP contribution in [0.25, 0.3) is 0 Å². The van der Waals surface area contributed by atoms with E-state index in [9.17, 15) is 9.59 Å². The molecule has 2 amide bonds. The molecule has 8 heteroatoms. The van der Waals surface area contributed by atoms with Gasteiger partial charge < -0.3 is 19.3 Å². The van der Waals surface area contributed by atoms with E-state index in [4.69, 9.17) is 9.47 Å². The summed E-state index contributed by atoms with van der Waals surface area (Å²) in [7, 11) is 0. The Kier molecular flexibility index (Phi) is 5.71. The molecule has 3 heterocycles. The molecule has 4 rings (SSSR count). The number of amides is 2. The van der Waals surface area contributed by atoms with Crippen LogP contribution in [0.4, 0.5) is 0 Å². The van der Waals surface area contributed by atoms with Crippen LogP contribution in [0.5, 0.6) is 11.5 Å². The van der Waals surface area contributed by atoms with Crippen molar-refractivity contribution in [3.05, 3.63) is 39.8 Å². The normalized spacial score (nSPS) is 18.6. The molecule has 1 fully saturated rings. The van der Waals surface area contributed by atoms with E-state index in [0.29, 0.717) is 37.7 Å². The zero-order chi connectivity index (χ0) is 20.4. The molecular formula is C21H25N3O4S. The molecule has 0 unspecified atom stereocenters. The van der Waals surface area contributed by atoms with Crippen molar-refractivity contribution in [3.8, 4) is 11.5 Å². The fourth-order valence-corrected chi connectivity index (χ4v) is 4.60. The second kappa shape index (κ2) is 8.41. The highest BCUT2D eigenvalue weighted by Crippen LogP contribution is 2.31. The molecule has 29 heavy (non-hydrogen) atoms. The number of para-hydroxylation sites is 2. The van der Waals surface area contributed by atoms with Gasteiger partial charge >= 0.3 is 0 Å². The first kappa shape index (κ1) is 19.7. The van der Waals surface area contributed by atoms with Gasteiger partial charge in [0.05, 0.1) is 10.7 Å². The number of aryl methyl sites for hydroxylation is 2. The van der Waals surface area contributed by atoms with Crippen LogP contribution in [0, 0.1) is 6.92 Å². The van der Waals surface area contributed by atoms with Gasteiger partial charge in [0.15, 0.2) is 11.5 Å². The largest absolute Gasteiger partial charge is 0.485 e. The minimum absolute atomic E-state index is 0.0253. The summed E-state index contributed by atoms with van der Waals surface area (Å²) in [6.07, 6.45) is 1.12. The van der Waals surface area contributed by atoms with E-state index in [-0.39, 0.29) is 18.4 Å². The Bertz CT molecular complexity index is 905. The van der Waals surface area contributed by atoms with Crippen LogP contribution in [-0.2, 0) is 11.2 Å². The Morgan fingerprint density at radius 2 is 1.83 bits per heavy atom. The number of carbonyl (C=O) groups excluding carboxylic acids is 2. The SMILES string of the molecule is CCCc1nc(C)sc1C(=O)N1CCN(C(=O)[C@H]2COc3ccccc3O2)CC1. The molecule has 2 aliphatic heterocycles. The van der Waals surface area contributed by atoms with E-state index in [0.717, 1.165) is 28.4 Å². The topological polar surface area (TPSA) is 72.0 Å². The predicted octanol–water partition coefficient (Wildman–Crippen LogP) is 2.53. The maximum absolute atomic E-state index is 13.0. The molecule has 1 atom stereocenters. The fraction of sp³-hybridized carbons (Fsp3) is 0.476. The zero-order valence-electron chi connectivity index (χ0n) is 16.7. The van der Waals surface area contributed by atoms with Crippen molar-refractivity contribution in [2.45, 2.75) is 32.8 Å². The Morgan fingerprint density at radius 1 is 1.14 bits per heavy atom. The summed E-state index contributed by atoms with van der Waals surface area (Å²) in [4.78, 5) is 34.7. The van der Waals surface area contributed by atoms with Gasteiger partial charge in [0.1, 0.15) is 11.5 Å². The number of piperazine rings is 1. The van der Waals surface area contributed by atoms with Gasteiger partial charge in [-0.3, -0.25) is 9.59 Å². The number of benzene rings is 1. The van der Waals surface area contributed by atoms with Crippen LogP contribution in [-0.4, -0.2) is 65.5 Å². The number of aromatic nitrogens is 1. The smallest absolute Gasteiger partial charge is 0.267 e. The monoisotopic (exact) mass is 415 g/mol. The molecule has 1 aromatic heterocycles. The molecule has 0 bridgehead atoms. The van der Waals surface area contributed by atoms with Gasteiger partial charge in [-0.1, -0.05) is 25.5 Å². The molecule has 2 aromatic rings. The number of nitrogens with zero attached hydrogens (tertiary/aromatic N) is 3. The van der Waals surface area contributed by atoms with Crippen LogP contribution in [0.1, 0.15) is 33.7 Å². The highest BCUT2D eigenvalue weighted by Gasteiger charge is 2.34. The Labute approximate surface area is 174 Å². The lowest BCUT2D eigenvalue weighted by Gasteiger charge is -2.37. The number of hydrogen-bond acceptors (Lipinski definition) is 6. The molecule has 1 aromatic carbocycles. The standard InChI is InChI=1S/C21H25N3O4S/c1-3-6-15-19(29-14(2)22-15)21(26)24-11-9-23(10-12-24)20(25)18-13-27-16-7-4-5-8-17(16)28-18/h4-5,7-8,18H,3,6,9-13H2,1-2H3/t18-/m1/s1. The Hall–Kier alpha value is -2.61. The fourth-order valence-electron chi connectivity index (χ4n) is 3.66. The van der Waals surface area contributed by atoms with Gasteiger partial charge in [-0.25, -0.2) is 4.98 Å². The lowest BCUT2D eigenvalue weighted by molar-refractivity contribution is -0.142. The quantitative estimate of drug-likeness (QED) is 0.767. The van der Waals surface area contributed by atoms with Crippen LogP contribution >= 0.6 is 11.3 Å².